The summed E-state index contributed by atoms with van der Waals surface area (Å²) < 4.78 is 0. The minimum absolute atomic E-state index is 0.702. The van der Waals surface area contributed by atoms with Crippen LogP contribution in [0.5, 0.6) is 0 Å². The summed E-state index contributed by atoms with van der Waals surface area (Å²) >= 11 is 0. The second-order valence-corrected chi connectivity index (χ2v) is 3.71. The minimum Gasteiger partial charge on any atom is -0.282 e. The molecule has 0 radical (unpaired) electrons. The maximum atomic E-state index is 4.12. The Morgan fingerprint density at radius 1 is 1.29 bits per heavy atom. The molecular weight excluding hydrogens is 174 g/mol. The number of H-pyrrole nitrogens is 1. The number of nitrogens with zero attached hydrogens (tertiary/aromatic N) is 2. The van der Waals surface area contributed by atoms with Crippen molar-refractivity contribution in [1.82, 2.24) is 15.2 Å². The normalized spacial score (nSPS) is 15.7. The van der Waals surface area contributed by atoms with Crippen molar-refractivity contribution >= 4 is 0 Å². The molecule has 3 heteroatoms. The van der Waals surface area contributed by atoms with Gasteiger partial charge in [-0.2, -0.15) is 5.10 Å². The average molecular weight is 185 g/mol. The molecule has 14 heavy (non-hydrogen) atoms. The lowest BCUT2D eigenvalue weighted by Crippen LogP contribution is -1.84. The van der Waals surface area contributed by atoms with Crippen molar-refractivity contribution < 1.29 is 0 Å². The summed E-state index contributed by atoms with van der Waals surface area (Å²) in [6, 6.07) is 4.03. The van der Waals surface area contributed by atoms with Crippen LogP contribution in [0, 0.1) is 0 Å². The zero-order valence-electron chi connectivity index (χ0n) is 7.77. The van der Waals surface area contributed by atoms with Gasteiger partial charge in [0.25, 0.3) is 0 Å². The number of hydrogen-bond donors (Lipinski definition) is 1. The predicted molar refractivity (Wildman–Crippen MR) is 53.8 cm³/mol. The smallest absolute Gasteiger partial charge is 0.0569 e. The van der Waals surface area contributed by atoms with Gasteiger partial charge < -0.3 is 0 Å². The first-order valence-corrected chi connectivity index (χ1v) is 4.89. The van der Waals surface area contributed by atoms with E-state index in [1.54, 1.807) is 6.20 Å². The lowest BCUT2D eigenvalue weighted by molar-refractivity contribution is 0.966. The summed E-state index contributed by atoms with van der Waals surface area (Å²) in [7, 11) is 0. The highest BCUT2D eigenvalue weighted by Crippen LogP contribution is 2.42. The first-order valence-electron chi connectivity index (χ1n) is 4.89. The fraction of sp³-hybridized carbons (Fsp3) is 0.273. The van der Waals surface area contributed by atoms with E-state index in [-0.39, 0.29) is 0 Å². The van der Waals surface area contributed by atoms with Crippen molar-refractivity contribution in [1.29, 1.82) is 0 Å². The molecule has 1 saturated carbocycles. The summed E-state index contributed by atoms with van der Waals surface area (Å²) in [5.74, 6) is 0.702. The lowest BCUT2D eigenvalue weighted by atomic mass is 10.1. The highest BCUT2D eigenvalue weighted by Gasteiger charge is 2.27. The third-order valence-corrected chi connectivity index (χ3v) is 2.63. The van der Waals surface area contributed by atoms with E-state index in [1.807, 2.05) is 18.5 Å². The molecule has 1 aliphatic carbocycles. The van der Waals surface area contributed by atoms with Gasteiger partial charge in [0.05, 0.1) is 6.20 Å². The molecule has 0 atom stereocenters. The Morgan fingerprint density at radius 3 is 2.93 bits per heavy atom. The van der Waals surface area contributed by atoms with E-state index >= 15 is 0 Å². The molecule has 2 heterocycles. The van der Waals surface area contributed by atoms with Gasteiger partial charge in [0, 0.05) is 35.1 Å². The van der Waals surface area contributed by atoms with Crippen LogP contribution in [0.25, 0.3) is 11.1 Å². The molecule has 0 bridgehead atoms. The van der Waals surface area contributed by atoms with Crippen molar-refractivity contribution in [3.05, 3.63) is 36.4 Å². The van der Waals surface area contributed by atoms with Crippen LogP contribution in [0.15, 0.2) is 30.7 Å². The van der Waals surface area contributed by atoms with Crippen LogP contribution < -0.4 is 0 Å². The summed E-state index contributed by atoms with van der Waals surface area (Å²) in [5, 5.41) is 7.20. The second kappa shape index (κ2) is 2.94. The number of nitrogens with one attached hydrogen (secondary N) is 1. The van der Waals surface area contributed by atoms with Crippen LogP contribution in [-0.2, 0) is 0 Å². The van der Waals surface area contributed by atoms with E-state index in [1.165, 1.54) is 24.1 Å². The van der Waals surface area contributed by atoms with Crippen LogP contribution in [0.3, 0.4) is 0 Å². The van der Waals surface area contributed by atoms with E-state index < -0.39 is 0 Å². The molecule has 2 aromatic heterocycles. The Bertz CT molecular complexity index is 429. The lowest BCUT2D eigenvalue weighted by Gasteiger charge is -1.99. The standard InChI is InChI=1S/C11H11N3/c1-2-9(6-12-5-1)10-7-13-14-11(10)8-3-4-8/h1-2,5-8H,3-4H2,(H,13,14). The summed E-state index contributed by atoms with van der Waals surface area (Å²) in [6.07, 6.45) is 8.15. The Kier molecular flexibility index (Phi) is 1.63. The van der Waals surface area contributed by atoms with Crippen LogP contribution in [-0.4, -0.2) is 15.2 Å². The van der Waals surface area contributed by atoms with Crippen molar-refractivity contribution in [3.8, 4) is 11.1 Å². The van der Waals surface area contributed by atoms with Gasteiger partial charge in [0.2, 0.25) is 0 Å². The molecule has 3 rings (SSSR count). The number of hydrogen-bond acceptors (Lipinski definition) is 2. The molecule has 0 spiro atoms. The average Bonchev–Trinajstić information content (AvgIpc) is 2.98. The van der Waals surface area contributed by atoms with Crippen LogP contribution in [0.2, 0.25) is 0 Å². The number of rotatable bonds is 2. The molecule has 1 fully saturated rings. The van der Waals surface area contributed by atoms with Gasteiger partial charge in [-0.15, -0.1) is 0 Å². The Morgan fingerprint density at radius 2 is 2.21 bits per heavy atom. The largest absolute Gasteiger partial charge is 0.282 e. The van der Waals surface area contributed by atoms with Gasteiger partial charge in [-0.1, -0.05) is 6.07 Å². The highest BCUT2D eigenvalue weighted by molar-refractivity contribution is 5.65. The van der Waals surface area contributed by atoms with E-state index in [4.69, 9.17) is 0 Å². The summed E-state index contributed by atoms with van der Waals surface area (Å²) in [6.45, 7) is 0. The molecule has 0 aromatic carbocycles. The number of aromatic nitrogens is 3. The van der Waals surface area contributed by atoms with Crippen molar-refractivity contribution in [3.63, 3.8) is 0 Å². The predicted octanol–water partition coefficient (Wildman–Crippen LogP) is 2.35. The number of pyridine rings is 1. The third kappa shape index (κ3) is 1.21. The van der Waals surface area contributed by atoms with Crippen LogP contribution >= 0.6 is 0 Å². The van der Waals surface area contributed by atoms with Gasteiger partial charge >= 0.3 is 0 Å². The van der Waals surface area contributed by atoms with Crippen molar-refractivity contribution in [2.75, 3.05) is 0 Å². The third-order valence-electron chi connectivity index (χ3n) is 2.63. The molecule has 0 aliphatic heterocycles. The first-order chi connectivity index (χ1) is 6.95. The van der Waals surface area contributed by atoms with Gasteiger partial charge in [-0.3, -0.25) is 10.1 Å². The SMILES string of the molecule is c1cncc(-c2cn[nH]c2C2CC2)c1. The van der Waals surface area contributed by atoms with E-state index in [9.17, 15) is 0 Å². The first kappa shape index (κ1) is 7.74. The quantitative estimate of drug-likeness (QED) is 0.780. The van der Waals surface area contributed by atoms with Gasteiger partial charge in [0.1, 0.15) is 0 Å². The van der Waals surface area contributed by atoms with E-state index in [2.05, 4.69) is 21.2 Å². The van der Waals surface area contributed by atoms with Crippen molar-refractivity contribution in [2.45, 2.75) is 18.8 Å². The Hall–Kier alpha value is -1.64. The summed E-state index contributed by atoms with van der Waals surface area (Å²) in [5.41, 5.74) is 3.64. The van der Waals surface area contributed by atoms with E-state index in [0.29, 0.717) is 5.92 Å². The van der Waals surface area contributed by atoms with Gasteiger partial charge in [0.15, 0.2) is 0 Å². The van der Waals surface area contributed by atoms with Crippen LogP contribution in [0.1, 0.15) is 24.5 Å². The minimum atomic E-state index is 0.702. The molecule has 1 N–H and O–H groups in total. The fourth-order valence-corrected chi connectivity index (χ4v) is 1.73. The topological polar surface area (TPSA) is 41.6 Å². The number of aromatic amines is 1. The molecule has 0 amide bonds. The van der Waals surface area contributed by atoms with Gasteiger partial charge in [-0.05, 0) is 18.9 Å². The van der Waals surface area contributed by atoms with Crippen molar-refractivity contribution in [2.24, 2.45) is 0 Å². The van der Waals surface area contributed by atoms with Gasteiger partial charge in [-0.25, -0.2) is 0 Å². The molecule has 0 unspecified atom stereocenters. The van der Waals surface area contributed by atoms with Crippen LogP contribution in [0.4, 0.5) is 0 Å². The zero-order valence-corrected chi connectivity index (χ0v) is 7.77. The molecule has 2 aromatic rings. The maximum Gasteiger partial charge on any atom is 0.0569 e. The molecular formula is C11H11N3. The Labute approximate surface area is 82.2 Å². The fourth-order valence-electron chi connectivity index (χ4n) is 1.73. The highest BCUT2D eigenvalue weighted by atomic mass is 15.1. The summed E-state index contributed by atoms with van der Waals surface area (Å²) in [4.78, 5) is 4.12. The zero-order chi connectivity index (χ0) is 9.38. The Balaban J connectivity index is 2.07. The molecule has 1 aliphatic rings. The molecule has 70 valence electrons. The second-order valence-electron chi connectivity index (χ2n) is 3.71. The molecule has 0 saturated heterocycles. The molecule has 3 nitrogen and oxygen atoms in total. The van der Waals surface area contributed by atoms with E-state index in [0.717, 1.165) is 5.56 Å². The maximum absolute atomic E-state index is 4.12. The monoisotopic (exact) mass is 185 g/mol.